The van der Waals surface area contributed by atoms with Crippen molar-refractivity contribution in [1.29, 1.82) is 0 Å². The van der Waals surface area contributed by atoms with Crippen LogP contribution in [0.25, 0.3) is 16.7 Å². The molecule has 3 aromatic rings. The van der Waals surface area contributed by atoms with Crippen LogP contribution in [-0.2, 0) is 0 Å². The Morgan fingerprint density at radius 1 is 1.30 bits per heavy atom. The van der Waals surface area contributed by atoms with Gasteiger partial charge in [0.2, 0.25) is 0 Å². The molecule has 4 nitrogen and oxygen atoms in total. The SMILES string of the molecule is Cc1cc(-n2cnc3cccc(C(=O)O)c32)ccc1Br. The predicted molar refractivity (Wildman–Crippen MR) is 80.5 cm³/mol. The summed E-state index contributed by atoms with van der Waals surface area (Å²) in [4.78, 5) is 15.6. The van der Waals surface area contributed by atoms with E-state index in [4.69, 9.17) is 0 Å². The number of hydrogen-bond donors (Lipinski definition) is 1. The topological polar surface area (TPSA) is 55.1 Å². The molecule has 0 aliphatic rings. The number of carbonyl (C=O) groups is 1. The zero-order valence-electron chi connectivity index (χ0n) is 10.7. The van der Waals surface area contributed by atoms with Gasteiger partial charge in [-0.2, -0.15) is 0 Å². The average Bonchev–Trinajstić information content (AvgIpc) is 2.85. The van der Waals surface area contributed by atoms with E-state index >= 15 is 0 Å². The molecule has 0 atom stereocenters. The largest absolute Gasteiger partial charge is 0.478 e. The maximum absolute atomic E-state index is 11.4. The van der Waals surface area contributed by atoms with Crippen molar-refractivity contribution in [3.8, 4) is 5.69 Å². The minimum Gasteiger partial charge on any atom is -0.478 e. The second kappa shape index (κ2) is 4.76. The van der Waals surface area contributed by atoms with Crippen LogP contribution in [0.3, 0.4) is 0 Å². The van der Waals surface area contributed by atoms with Crippen LogP contribution in [-0.4, -0.2) is 20.6 Å². The van der Waals surface area contributed by atoms with Gasteiger partial charge in [-0.3, -0.25) is 4.57 Å². The first-order valence-corrected chi connectivity index (χ1v) is 6.83. The molecule has 0 radical (unpaired) electrons. The normalized spacial score (nSPS) is 10.9. The number of fused-ring (bicyclic) bond motifs is 1. The molecule has 0 saturated carbocycles. The van der Waals surface area contributed by atoms with E-state index in [0.29, 0.717) is 11.0 Å². The lowest BCUT2D eigenvalue weighted by atomic mass is 10.1. The average molecular weight is 331 g/mol. The van der Waals surface area contributed by atoms with Crippen molar-refractivity contribution in [2.24, 2.45) is 0 Å². The van der Waals surface area contributed by atoms with Gasteiger partial charge < -0.3 is 5.11 Å². The van der Waals surface area contributed by atoms with Gasteiger partial charge in [0.25, 0.3) is 0 Å². The third kappa shape index (κ3) is 2.00. The Morgan fingerprint density at radius 2 is 2.10 bits per heavy atom. The van der Waals surface area contributed by atoms with E-state index in [0.717, 1.165) is 15.7 Å². The van der Waals surface area contributed by atoms with E-state index in [1.807, 2.05) is 31.2 Å². The highest BCUT2D eigenvalue weighted by molar-refractivity contribution is 9.10. The Bertz CT molecular complexity index is 824. The van der Waals surface area contributed by atoms with E-state index < -0.39 is 5.97 Å². The number of para-hydroxylation sites is 1. The van der Waals surface area contributed by atoms with E-state index in [2.05, 4.69) is 20.9 Å². The van der Waals surface area contributed by atoms with Crippen LogP contribution < -0.4 is 0 Å². The second-order valence-electron chi connectivity index (χ2n) is 4.53. The molecule has 0 fully saturated rings. The number of carboxylic acids is 1. The smallest absolute Gasteiger partial charge is 0.337 e. The summed E-state index contributed by atoms with van der Waals surface area (Å²) < 4.78 is 2.82. The summed E-state index contributed by atoms with van der Waals surface area (Å²) in [5.74, 6) is -0.953. The zero-order valence-corrected chi connectivity index (χ0v) is 12.3. The number of carboxylic acid groups (broad SMARTS) is 1. The van der Waals surface area contributed by atoms with Crippen LogP contribution in [0.1, 0.15) is 15.9 Å². The van der Waals surface area contributed by atoms with Crippen LogP contribution in [0, 0.1) is 6.92 Å². The molecule has 1 aromatic heterocycles. The highest BCUT2D eigenvalue weighted by Crippen LogP contribution is 2.25. The molecule has 0 bridgehead atoms. The van der Waals surface area contributed by atoms with Crippen LogP contribution >= 0.6 is 15.9 Å². The summed E-state index contributed by atoms with van der Waals surface area (Å²) in [6.45, 7) is 1.99. The lowest BCUT2D eigenvalue weighted by Gasteiger charge is -2.08. The van der Waals surface area contributed by atoms with Gasteiger partial charge in [0.05, 0.1) is 16.6 Å². The molecule has 2 aromatic carbocycles. The van der Waals surface area contributed by atoms with Gasteiger partial charge in [-0.1, -0.05) is 22.0 Å². The van der Waals surface area contributed by atoms with Crippen molar-refractivity contribution in [3.05, 3.63) is 58.3 Å². The quantitative estimate of drug-likeness (QED) is 0.777. The van der Waals surface area contributed by atoms with Gasteiger partial charge in [-0.15, -0.1) is 0 Å². The fourth-order valence-corrected chi connectivity index (χ4v) is 2.46. The molecule has 0 aliphatic carbocycles. The van der Waals surface area contributed by atoms with E-state index in [1.165, 1.54) is 0 Å². The summed E-state index contributed by atoms with van der Waals surface area (Å²) >= 11 is 3.46. The van der Waals surface area contributed by atoms with Gasteiger partial charge in [0.15, 0.2) is 0 Å². The van der Waals surface area contributed by atoms with Gasteiger partial charge >= 0.3 is 5.97 Å². The maximum Gasteiger partial charge on any atom is 0.337 e. The number of hydrogen-bond acceptors (Lipinski definition) is 2. The molecule has 3 rings (SSSR count). The lowest BCUT2D eigenvalue weighted by Crippen LogP contribution is -2.01. The van der Waals surface area contributed by atoms with E-state index in [9.17, 15) is 9.90 Å². The summed E-state index contributed by atoms with van der Waals surface area (Å²) in [7, 11) is 0. The van der Waals surface area contributed by atoms with Crippen molar-refractivity contribution in [3.63, 3.8) is 0 Å². The number of aromatic carboxylic acids is 1. The molecule has 1 heterocycles. The minimum atomic E-state index is -0.953. The number of nitrogens with zero attached hydrogens (tertiary/aromatic N) is 2. The molecular formula is C15H11BrN2O2. The number of benzene rings is 2. The Labute approximate surface area is 123 Å². The maximum atomic E-state index is 11.4. The summed E-state index contributed by atoms with van der Waals surface area (Å²) in [6.07, 6.45) is 1.65. The number of imidazole rings is 1. The number of aromatic nitrogens is 2. The van der Waals surface area contributed by atoms with Crippen LogP contribution in [0.2, 0.25) is 0 Å². The van der Waals surface area contributed by atoms with Crippen molar-refractivity contribution < 1.29 is 9.90 Å². The molecular weight excluding hydrogens is 320 g/mol. The summed E-state index contributed by atoms with van der Waals surface area (Å²) in [6, 6.07) is 11.0. The Morgan fingerprint density at radius 3 is 2.80 bits per heavy atom. The molecule has 20 heavy (non-hydrogen) atoms. The molecule has 0 spiro atoms. The molecule has 5 heteroatoms. The molecule has 100 valence electrons. The molecule has 0 aliphatic heterocycles. The van der Waals surface area contributed by atoms with Crippen LogP contribution in [0.4, 0.5) is 0 Å². The van der Waals surface area contributed by atoms with Gasteiger partial charge in [0.1, 0.15) is 6.33 Å². The van der Waals surface area contributed by atoms with Gasteiger partial charge in [0, 0.05) is 10.2 Å². The first kappa shape index (κ1) is 12.9. The minimum absolute atomic E-state index is 0.251. The van der Waals surface area contributed by atoms with Crippen molar-refractivity contribution in [2.45, 2.75) is 6.92 Å². The number of halogens is 1. The first-order chi connectivity index (χ1) is 9.58. The van der Waals surface area contributed by atoms with Crippen LogP contribution in [0.5, 0.6) is 0 Å². The second-order valence-corrected chi connectivity index (χ2v) is 5.38. The standard InChI is InChI=1S/C15H11BrN2O2/c1-9-7-10(5-6-12(9)16)18-8-17-13-4-2-3-11(14(13)18)15(19)20/h2-8H,1H3,(H,19,20). The number of rotatable bonds is 2. The van der Waals surface area contributed by atoms with Crippen molar-refractivity contribution in [2.75, 3.05) is 0 Å². The third-order valence-corrected chi connectivity index (χ3v) is 4.11. The van der Waals surface area contributed by atoms with Crippen molar-refractivity contribution in [1.82, 2.24) is 9.55 Å². The monoisotopic (exact) mass is 330 g/mol. The van der Waals surface area contributed by atoms with Crippen molar-refractivity contribution >= 4 is 32.9 Å². The number of aryl methyl sites for hydroxylation is 1. The Kier molecular flexibility index (Phi) is 3.06. The fraction of sp³-hybridized carbons (Fsp3) is 0.0667. The molecule has 0 amide bonds. The molecule has 1 N–H and O–H groups in total. The first-order valence-electron chi connectivity index (χ1n) is 6.04. The Balaban J connectivity index is 2.31. The van der Waals surface area contributed by atoms with E-state index in [-0.39, 0.29) is 5.56 Å². The predicted octanol–water partition coefficient (Wildman–Crippen LogP) is 3.79. The fourth-order valence-electron chi connectivity index (χ4n) is 2.21. The summed E-state index contributed by atoms with van der Waals surface area (Å²) in [5.41, 5.74) is 3.51. The molecule has 0 saturated heterocycles. The lowest BCUT2D eigenvalue weighted by molar-refractivity contribution is 0.0698. The Hall–Kier alpha value is -2.14. The highest BCUT2D eigenvalue weighted by atomic mass is 79.9. The molecule has 0 unspecified atom stereocenters. The van der Waals surface area contributed by atoms with Crippen LogP contribution in [0.15, 0.2) is 47.2 Å². The van der Waals surface area contributed by atoms with E-state index in [1.54, 1.807) is 23.0 Å². The third-order valence-electron chi connectivity index (χ3n) is 3.22. The van der Waals surface area contributed by atoms with Gasteiger partial charge in [-0.25, -0.2) is 9.78 Å². The van der Waals surface area contributed by atoms with Gasteiger partial charge in [-0.05, 0) is 42.8 Å². The highest BCUT2D eigenvalue weighted by Gasteiger charge is 2.14. The summed E-state index contributed by atoms with van der Waals surface area (Å²) in [5, 5.41) is 9.32. The zero-order chi connectivity index (χ0) is 14.3.